The molecule has 3 rings (SSSR count). The lowest BCUT2D eigenvalue weighted by Gasteiger charge is -1.95. The number of H-pyrrole nitrogens is 1. The number of aromatic amines is 1. The van der Waals surface area contributed by atoms with Gasteiger partial charge in [-0.15, -0.1) is 0 Å². The van der Waals surface area contributed by atoms with Crippen LogP contribution in [0.3, 0.4) is 0 Å². The van der Waals surface area contributed by atoms with E-state index in [-0.39, 0.29) is 0 Å². The number of halogens is 1. The number of nitriles is 1. The summed E-state index contributed by atoms with van der Waals surface area (Å²) in [6, 6.07) is 15.7. The Hall–Kier alpha value is -2.83. The molecule has 0 fully saturated rings. The molecule has 1 N–H and O–H groups in total. The number of hydrogen-bond acceptors (Lipinski definition) is 2. The lowest BCUT2D eigenvalue weighted by Crippen LogP contribution is -1.83. The maximum Gasteiger partial charge on any atom is 0.149 e. The van der Waals surface area contributed by atoms with Gasteiger partial charge in [0.05, 0.1) is 16.6 Å². The molecule has 0 aliphatic carbocycles. The van der Waals surface area contributed by atoms with E-state index < -0.39 is 0 Å². The number of nitrogens with zero attached hydrogens (tertiary/aromatic N) is 2. The first-order valence-electron chi connectivity index (χ1n) is 7.17. The minimum atomic E-state index is 0.474. The highest BCUT2D eigenvalue weighted by Crippen LogP contribution is 2.19. The zero-order valence-electron chi connectivity index (χ0n) is 12.5. The van der Waals surface area contributed by atoms with Crippen LogP contribution in [0.1, 0.15) is 17.0 Å². The lowest BCUT2D eigenvalue weighted by molar-refractivity contribution is 1.27. The molecule has 0 spiro atoms. The third-order valence-electron chi connectivity index (χ3n) is 3.46. The maximum atomic E-state index is 9.37. The Morgan fingerprint density at radius 3 is 2.87 bits per heavy atom. The van der Waals surface area contributed by atoms with Crippen LogP contribution < -0.4 is 0 Å². The Kier molecular flexibility index (Phi) is 4.27. The fraction of sp³-hybridized carbons (Fsp3) is 0.0526. The highest BCUT2D eigenvalue weighted by Gasteiger charge is 2.06. The van der Waals surface area contributed by atoms with E-state index in [1.54, 1.807) is 12.2 Å². The van der Waals surface area contributed by atoms with Crippen LogP contribution in [0.25, 0.3) is 22.7 Å². The molecule has 0 radical (unpaired) electrons. The van der Waals surface area contributed by atoms with Crippen molar-refractivity contribution in [3.8, 4) is 6.07 Å². The largest absolute Gasteiger partial charge is 0.337 e. The van der Waals surface area contributed by atoms with Gasteiger partial charge in [-0.05, 0) is 42.3 Å². The van der Waals surface area contributed by atoms with Crippen LogP contribution in [0.2, 0.25) is 5.02 Å². The Labute approximate surface area is 139 Å². The van der Waals surface area contributed by atoms with Crippen molar-refractivity contribution in [2.24, 2.45) is 0 Å². The summed E-state index contributed by atoms with van der Waals surface area (Å²) >= 11 is 6.10. The number of fused-ring (bicyclic) bond motifs is 1. The van der Waals surface area contributed by atoms with Gasteiger partial charge in [0.25, 0.3) is 0 Å². The predicted molar refractivity (Wildman–Crippen MR) is 94.9 cm³/mol. The number of nitrogens with one attached hydrogen (secondary N) is 1. The minimum Gasteiger partial charge on any atom is -0.337 e. The molecule has 3 nitrogen and oxygen atoms in total. The molecule has 2 aromatic carbocycles. The second-order valence-electron chi connectivity index (χ2n) is 5.18. The summed E-state index contributed by atoms with van der Waals surface area (Å²) in [6.45, 7) is 2.02. The molecule has 0 atom stereocenters. The number of hydrogen-bond donors (Lipinski definition) is 1. The molecule has 1 heterocycles. The fourth-order valence-electron chi connectivity index (χ4n) is 2.28. The van der Waals surface area contributed by atoms with Gasteiger partial charge in [0.2, 0.25) is 0 Å². The molecule has 0 saturated heterocycles. The molecular formula is C19H14ClN3. The van der Waals surface area contributed by atoms with Crippen LogP contribution in [-0.4, -0.2) is 9.97 Å². The van der Waals surface area contributed by atoms with Crippen LogP contribution in [0.5, 0.6) is 0 Å². The molecule has 1 aromatic heterocycles. The quantitative estimate of drug-likeness (QED) is 0.536. The zero-order valence-corrected chi connectivity index (χ0v) is 13.3. The summed E-state index contributed by atoms with van der Waals surface area (Å²) in [7, 11) is 0. The number of allylic oxidation sites excluding steroid dienone is 3. The highest BCUT2D eigenvalue weighted by molar-refractivity contribution is 6.32. The lowest BCUT2D eigenvalue weighted by atomic mass is 10.2. The van der Waals surface area contributed by atoms with Crippen LogP contribution >= 0.6 is 11.6 Å². The van der Waals surface area contributed by atoms with E-state index in [9.17, 15) is 5.26 Å². The normalized spacial score (nSPS) is 12.0. The number of aryl methyl sites for hydroxylation is 1. The first kappa shape index (κ1) is 15.1. The summed E-state index contributed by atoms with van der Waals surface area (Å²) in [4.78, 5) is 7.65. The number of imidazole rings is 1. The van der Waals surface area contributed by atoms with E-state index in [4.69, 9.17) is 11.6 Å². The molecule has 4 heteroatoms. The zero-order chi connectivity index (χ0) is 16.2. The molecule has 112 valence electrons. The molecular weight excluding hydrogens is 306 g/mol. The van der Waals surface area contributed by atoms with Crippen LogP contribution in [0.15, 0.2) is 54.6 Å². The van der Waals surface area contributed by atoms with Gasteiger partial charge in [-0.25, -0.2) is 4.98 Å². The first-order chi connectivity index (χ1) is 11.2. The third kappa shape index (κ3) is 3.33. The molecule has 23 heavy (non-hydrogen) atoms. The van der Waals surface area contributed by atoms with Crippen molar-refractivity contribution < 1.29 is 0 Å². The van der Waals surface area contributed by atoms with Crippen molar-refractivity contribution in [3.63, 3.8) is 0 Å². The van der Waals surface area contributed by atoms with Gasteiger partial charge in [-0.2, -0.15) is 5.26 Å². The van der Waals surface area contributed by atoms with Crippen LogP contribution in [-0.2, 0) is 0 Å². The van der Waals surface area contributed by atoms with Gasteiger partial charge in [0.1, 0.15) is 11.9 Å². The average Bonchev–Trinajstić information content (AvgIpc) is 2.96. The van der Waals surface area contributed by atoms with E-state index >= 15 is 0 Å². The predicted octanol–water partition coefficient (Wildman–Crippen LogP) is 5.15. The van der Waals surface area contributed by atoms with E-state index in [2.05, 4.69) is 16.0 Å². The summed E-state index contributed by atoms with van der Waals surface area (Å²) in [5.41, 5.74) is 4.30. The molecule has 0 aliphatic heterocycles. The second-order valence-corrected chi connectivity index (χ2v) is 5.59. The van der Waals surface area contributed by atoms with Crippen molar-refractivity contribution in [2.45, 2.75) is 6.92 Å². The SMILES string of the molecule is Cc1ccc2nc(/C(C#N)=C\C=C\c3ccccc3Cl)[nH]c2c1. The molecule has 0 amide bonds. The van der Waals surface area contributed by atoms with Crippen molar-refractivity contribution in [2.75, 3.05) is 0 Å². The van der Waals surface area contributed by atoms with Crippen LogP contribution in [0, 0.1) is 18.3 Å². The van der Waals surface area contributed by atoms with E-state index in [1.165, 1.54) is 0 Å². The van der Waals surface area contributed by atoms with Gasteiger partial charge in [0, 0.05) is 5.02 Å². The number of aromatic nitrogens is 2. The second kappa shape index (κ2) is 6.51. The molecule has 0 aliphatic rings. The minimum absolute atomic E-state index is 0.474. The fourth-order valence-corrected chi connectivity index (χ4v) is 2.48. The van der Waals surface area contributed by atoms with E-state index in [0.717, 1.165) is 22.2 Å². The monoisotopic (exact) mass is 319 g/mol. The summed E-state index contributed by atoms with van der Waals surface area (Å²) in [5, 5.41) is 10.0. The maximum absolute atomic E-state index is 9.37. The highest BCUT2D eigenvalue weighted by atomic mass is 35.5. The summed E-state index contributed by atoms with van der Waals surface area (Å²) < 4.78 is 0. The molecule has 0 unspecified atom stereocenters. The average molecular weight is 320 g/mol. The molecule has 0 bridgehead atoms. The standard InChI is InChI=1S/C19H14ClN3/c1-13-9-10-17-18(11-13)23-19(22-17)15(12-21)7-4-6-14-5-2-3-8-16(14)20/h2-11H,1H3,(H,22,23)/b6-4+,15-7-. The van der Waals surface area contributed by atoms with Crippen molar-refractivity contribution >= 4 is 34.3 Å². The molecule has 3 aromatic rings. The van der Waals surface area contributed by atoms with Gasteiger partial charge >= 0.3 is 0 Å². The van der Waals surface area contributed by atoms with Crippen molar-refractivity contribution in [1.82, 2.24) is 9.97 Å². The van der Waals surface area contributed by atoms with Gasteiger partial charge < -0.3 is 4.98 Å². The Bertz CT molecular complexity index is 958. The first-order valence-corrected chi connectivity index (χ1v) is 7.55. The summed E-state index contributed by atoms with van der Waals surface area (Å²) in [5.74, 6) is 0.567. The van der Waals surface area contributed by atoms with Gasteiger partial charge in [-0.1, -0.05) is 48.0 Å². The van der Waals surface area contributed by atoms with Gasteiger partial charge in [0.15, 0.2) is 0 Å². The molecule has 0 saturated carbocycles. The van der Waals surface area contributed by atoms with E-state index in [1.807, 2.05) is 55.5 Å². The van der Waals surface area contributed by atoms with Crippen LogP contribution in [0.4, 0.5) is 0 Å². The van der Waals surface area contributed by atoms with E-state index in [0.29, 0.717) is 16.4 Å². The Balaban J connectivity index is 1.92. The third-order valence-corrected chi connectivity index (χ3v) is 3.80. The van der Waals surface area contributed by atoms with Gasteiger partial charge in [-0.3, -0.25) is 0 Å². The number of rotatable bonds is 3. The topological polar surface area (TPSA) is 52.5 Å². The summed E-state index contributed by atoms with van der Waals surface area (Å²) in [6.07, 6.45) is 5.40. The Morgan fingerprint density at radius 1 is 1.26 bits per heavy atom. The smallest absolute Gasteiger partial charge is 0.149 e. The Morgan fingerprint density at radius 2 is 2.09 bits per heavy atom. The van der Waals surface area contributed by atoms with Crippen molar-refractivity contribution in [3.05, 3.63) is 76.6 Å². The number of benzene rings is 2. The van der Waals surface area contributed by atoms with Crippen molar-refractivity contribution in [1.29, 1.82) is 5.26 Å².